The smallest absolute Gasteiger partial charge is 0.320 e. The number of hydrogen-bond acceptors (Lipinski definition) is 5. The first-order valence-corrected chi connectivity index (χ1v) is 3.30. The van der Waals surface area contributed by atoms with E-state index in [0.717, 1.165) is 0 Å². The van der Waals surface area contributed by atoms with Gasteiger partial charge in [-0.15, -0.1) is 5.10 Å². The van der Waals surface area contributed by atoms with Gasteiger partial charge in [0.15, 0.2) is 0 Å². The maximum Gasteiger partial charge on any atom is 0.320 e. The first kappa shape index (κ1) is 8.54. The third-order valence-corrected chi connectivity index (χ3v) is 1.27. The number of carboxylic acids is 1. The van der Waals surface area contributed by atoms with Crippen molar-refractivity contribution in [1.82, 2.24) is 15.2 Å². The first-order valence-electron chi connectivity index (χ1n) is 3.30. The van der Waals surface area contributed by atoms with E-state index in [1.807, 2.05) is 0 Å². The molecule has 3 N–H and O–H groups in total. The van der Waals surface area contributed by atoms with Gasteiger partial charge in [-0.25, -0.2) is 4.98 Å². The number of aliphatic carboxylic acids is 1. The van der Waals surface area contributed by atoms with E-state index >= 15 is 0 Å². The van der Waals surface area contributed by atoms with Gasteiger partial charge in [-0.05, 0) is 0 Å². The Labute approximate surface area is 68.4 Å². The summed E-state index contributed by atoms with van der Waals surface area (Å²) in [6.45, 7) is 0. The van der Waals surface area contributed by atoms with Crippen molar-refractivity contribution < 1.29 is 9.90 Å². The number of nitrogens with two attached hydrogens (primary N) is 1. The zero-order valence-electron chi connectivity index (χ0n) is 6.21. The van der Waals surface area contributed by atoms with Crippen molar-refractivity contribution in [2.75, 3.05) is 0 Å². The molecule has 0 saturated heterocycles. The summed E-state index contributed by atoms with van der Waals surface area (Å²) in [6.07, 6.45) is 2.86. The Bertz CT molecular complexity index is 264. The molecular weight excluding hydrogens is 160 g/mol. The molecule has 1 atom stereocenters. The maximum absolute atomic E-state index is 10.3. The van der Waals surface area contributed by atoms with E-state index in [1.54, 1.807) is 0 Å². The summed E-state index contributed by atoms with van der Waals surface area (Å²) in [5, 5.41) is 15.6. The van der Waals surface area contributed by atoms with E-state index in [4.69, 9.17) is 10.8 Å². The summed E-state index contributed by atoms with van der Waals surface area (Å²) in [4.78, 5) is 14.0. The van der Waals surface area contributed by atoms with Crippen LogP contribution in [0.15, 0.2) is 12.5 Å². The summed E-state index contributed by atoms with van der Waals surface area (Å²) in [6, 6.07) is -0.941. The fraction of sp³-hybridized carbons (Fsp3) is 0.333. The maximum atomic E-state index is 10.3. The molecule has 0 spiro atoms. The Kier molecular flexibility index (Phi) is 2.65. The number of nitrogens with zero attached hydrogens (tertiary/aromatic N) is 3. The highest BCUT2D eigenvalue weighted by Crippen LogP contribution is 1.93. The van der Waals surface area contributed by atoms with Crippen LogP contribution in [0.2, 0.25) is 0 Å². The van der Waals surface area contributed by atoms with Crippen LogP contribution in [0.3, 0.4) is 0 Å². The quantitative estimate of drug-likeness (QED) is 0.589. The predicted octanol–water partition coefficient (Wildman–Crippen LogP) is -1.17. The molecule has 64 valence electrons. The standard InChI is InChI=1S/C6H8N4O2/c7-5(6(11)12)1-4-2-8-3-9-10-4/h2-3,5H,1,7H2,(H,11,12). The minimum absolute atomic E-state index is 0.149. The van der Waals surface area contributed by atoms with E-state index in [9.17, 15) is 4.79 Å². The Balaban J connectivity index is 2.58. The zero-order valence-corrected chi connectivity index (χ0v) is 6.21. The van der Waals surface area contributed by atoms with Crippen molar-refractivity contribution in [3.63, 3.8) is 0 Å². The number of carboxylic acid groups (broad SMARTS) is 1. The fourth-order valence-electron chi connectivity index (χ4n) is 0.681. The van der Waals surface area contributed by atoms with Gasteiger partial charge in [0.2, 0.25) is 0 Å². The summed E-state index contributed by atoms with van der Waals surface area (Å²) in [7, 11) is 0. The molecule has 1 heterocycles. The molecule has 6 heteroatoms. The van der Waals surface area contributed by atoms with Gasteiger partial charge in [0.05, 0.1) is 11.9 Å². The molecular formula is C6H8N4O2. The van der Waals surface area contributed by atoms with Gasteiger partial charge in [0.25, 0.3) is 0 Å². The second kappa shape index (κ2) is 3.72. The van der Waals surface area contributed by atoms with Crippen molar-refractivity contribution in [1.29, 1.82) is 0 Å². The molecule has 0 amide bonds. The zero-order chi connectivity index (χ0) is 8.97. The van der Waals surface area contributed by atoms with Crippen LogP contribution in [0.1, 0.15) is 5.69 Å². The number of hydrogen-bond donors (Lipinski definition) is 2. The van der Waals surface area contributed by atoms with Crippen LogP contribution < -0.4 is 5.73 Å². The highest BCUT2D eigenvalue weighted by atomic mass is 16.4. The lowest BCUT2D eigenvalue weighted by Gasteiger charge is -2.02. The molecule has 12 heavy (non-hydrogen) atoms. The van der Waals surface area contributed by atoms with E-state index in [-0.39, 0.29) is 6.42 Å². The van der Waals surface area contributed by atoms with Gasteiger partial charge >= 0.3 is 5.97 Å². The van der Waals surface area contributed by atoms with Crippen molar-refractivity contribution in [3.05, 3.63) is 18.2 Å². The van der Waals surface area contributed by atoms with Gasteiger partial charge in [0.1, 0.15) is 12.4 Å². The normalized spacial score (nSPS) is 12.4. The molecule has 1 rings (SSSR count). The first-order chi connectivity index (χ1) is 5.70. The highest BCUT2D eigenvalue weighted by molar-refractivity contribution is 5.73. The Morgan fingerprint density at radius 2 is 2.50 bits per heavy atom. The Hall–Kier alpha value is -1.56. The lowest BCUT2D eigenvalue weighted by molar-refractivity contribution is -0.138. The van der Waals surface area contributed by atoms with Gasteiger partial charge in [-0.1, -0.05) is 0 Å². The van der Waals surface area contributed by atoms with Crippen LogP contribution in [-0.4, -0.2) is 32.3 Å². The SMILES string of the molecule is NC(Cc1cncnn1)C(=O)O. The van der Waals surface area contributed by atoms with Gasteiger partial charge < -0.3 is 10.8 Å². The molecule has 0 aromatic carbocycles. The molecule has 0 fully saturated rings. The third-order valence-electron chi connectivity index (χ3n) is 1.27. The monoisotopic (exact) mass is 168 g/mol. The van der Waals surface area contributed by atoms with E-state index in [2.05, 4.69) is 15.2 Å². The average molecular weight is 168 g/mol. The summed E-state index contributed by atoms with van der Waals surface area (Å²) < 4.78 is 0. The van der Waals surface area contributed by atoms with Gasteiger partial charge in [-0.3, -0.25) is 4.79 Å². The molecule has 0 saturated carbocycles. The van der Waals surface area contributed by atoms with Crippen LogP contribution in [0.4, 0.5) is 0 Å². The second-order valence-electron chi connectivity index (χ2n) is 2.25. The van der Waals surface area contributed by atoms with Crippen LogP contribution in [0, 0.1) is 0 Å². The van der Waals surface area contributed by atoms with Crippen LogP contribution in [-0.2, 0) is 11.2 Å². The predicted molar refractivity (Wildman–Crippen MR) is 39.1 cm³/mol. The number of aromatic nitrogens is 3. The lowest BCUT2D eigenvalue weighted by atomic mass is 10.2. The fourth-order valence-corrected chi connectivity index (χ4v) is 0.681. The van der Waals surface area contributed by atoms with E-state index < -0.39 is 12.0 Å². The Morgan fingerprint density at radius 3 is 3.00 bits per heavy atom. The molecule has 6 nitrogen and oxygen atoms in total. The highest BCUT2D eigenvalue weighted by Gasteiger charge is 2.12. The minimum atomic E-state index is -1.05. The number of carbonyl (C=O) groups is 1. The van der Waals surface area contributed by atoms with E-state index in [1.165, 1.54) is 12.5 Å². The number of rotatable bonds is 3. The largest absolute Gasteiger partial charge is 0.480 e. The van der Waals surface area contributed by atoms with Crippen molar-refractivity contribution in [3.8, 4) is 0 Å². The average Bonchev–Trinajstić information content (AvgIpc) is 2.06. The van der Waals surface area contributed by atoms with Crippen molar-refractivity contribution in [2.24, 2.45) is 5.73 Å². The molecule has 0 aliphatic carbocycles. The molecule has 1 aromatic rings. The molecule has 0 bridgehead atoms. The summed E-state index contributed by atoms with van der Waals surface area (Å²) in [5.74, 6) is -1.05. The van der Waals surface area contributed by atoms with Crippen LogP contribution >= 0.6 is 0 Å². The molecule has 0 aliphatic rings. The molecule has 0 radical (unpaired) electrons. The molecule has 1 aromatic heterocycles. The topological polar surface area (TPSA) is 102 Å². The summed E-state index contributed by atoms with van der Waals surface area (Å²) >= 11 is 0. The van der Waals surface area contributed by atoms with Crippen molar-refractivity contribution in [2.45, 2.75) is 12.5 Å². The lowest BCUT2D eigenvalue weighted by Crippen LogP contribution is -2.32. The van der Waals surface area contributed by atoms with Gasteiger partial charge in [-0.2, -0.15) is 5.10 Å². The second-order valence-corrected chi connectivity index (χ2v) is 2.25. The summed E-state index contributed by atoms with van der Waals surface area (Å²) in [5.41, 5.74) is 5.73. The third kappa shape index (κ3) is 2.24. The van der Waals surface area contributed by atoms with Gasteiger partial charge in [0, 0.05) is 6.42 Å². The van der Waals surface area contributed by atoms with Crippen LogP contribution in [0.25, 0.3) is 0 Å². The molecule has 1 unspecified atom stereocenters. The Morgan fingerprint density at radius 1 is 1.75 bits per heavy atom. The minimum Gasteiger partial charge on any atom is -0.480 e. The molecule has 0 aliphatic heterocycles. The van der Waals surface area contributed by atoms with Crippen molar-refractivity contribution >= 4 is 5.97 Å². The van der Waals surface area contributed by atoms with Crippen LogP contribution in [0.5, 0.6) is 0 Å². The van der Waals surface area contributed by atoms with E-state index in [0.29, 0.717) is 5.69 Å².